The third-order valence-corrected chi connectivity index (χ3v) is 6.31. The third-order valence-electron chi connectivity index (χ3n) is 4.93. The molecule has 0 aromatic heterocycles. The first-order valence-electron chi connectivity index (χ1n) is 10.5. The second-order valence-electron chi connectivity index (χ2n) is 7.31. The molecule has 1 aliphatic rings. The lowest BCUT2D eigenvalue weighted by Gasteiger charge is -2.14. The average Bonchev–Trinajstić information content (AvgIpc) is 3.08. The van der Waals surface area contributed by atoms with E-state index < -0.39 is 0 Å². The first kappa shape index (κ1) is 23.0. The van der Waals surface area contributed by atoms with E-state index in [4.69, 9.17) is 21.7 Å². The van der Waals surface area contributed by atoms with Crippen LogP contribution in [0.5, 0.6) is 11.5 Å². The summed E-state index contributed by atoms with van der Waals surface area (Å²) < 4.78 is 25.3. The van der Waals surface area contributed by atoms with Crippen molar-refractivity contribution in [3.05, 3.63) is 100 Å². The molecule has 33 heavy (non-hydrogen) atoms. The highest BCUT2D eigenvalue weighted by Crippen LogP contribution is 2.35. The number of amides is 1. The number of hydrogen-bond donors (Lipinski definition) is 0. The van der Waals surface area contributed by atoms with Crippen molar-refractivity contribution in [2.45, 2.75) is 20.1 Å². The quantitative estimate of drug-likeness (QED) is 0.284. The van der Waals surface area contributed by atoms with E-state index in [0.717, 1.165) is 16.7 Å². The minimum Gasteiger partial charge on any atom is -0.490 e. The Morgan fingerprint density at radius 2 is 1.73 bits per heavy atom. The van der Waals surface area contributed by atoms with Crippen molar-refractivity contribution in [1.29, 1.82) is 0 Å². The van der Waals surface area contributed by atoms with Crippen LogP contribution in [0.1, 0.15) is 23.6 Å². The maximum absolute atomic E-state index is 13.1. The van der Waals surface area contributed by atoms with Crippen LogP contribution in [0.4, 0.5) is 4.39 Å². The number of carbonyl (C=O) groups is 1. The molecule has 0 N–H and O–H groups in total. The molecule has 0 saturated carbocycles. The van der Waals surface area contributed by atoms with Gasteiger partial charge in [0.05, 0.1) is 18.1 Å². The number of thioether (sulfide) groups is 1. The molecular weight excluding hydrogens is 457 g/mol. The summed E-state index contributed by atoms with van der Waals surface area (Å²) >= 11 is 6.74. The standard InChI is InChI=1S/C26H22FNO3S2/c1-2-30-23-14-20(10-13-22(23)31-17-19-8-11-21(27)12-9-19)15-24-25(29)28(26(32)33-24)16-18-6-4-3-5-7-18/h3-15H,2,16-17H2,1H3/b24-15-. The predicted molar refractivity (Wildman–Crippen MR) is 134 cm³/mol. The van der Waals surface area contributed by atoms with Crippen molar-refractivity contribution in [3.8, 4) is 11.5 Å². The molecule has 168 valence electrons. The number of rotatable bonds is 8. The number of nitrogens with zero attached hydrogens (tertiary/aromatic N) is 1. The Hall–Kier alpha value is -3.16. The number of hydrogen-bond acceptors (Lipinski definition) is 5. The summed E-state index contributed by atoms with van der Waals surface area (Å²) in [6.45, 7) is 3.10. The summed E-state index contributed by atoms with van der Waals surface area (Å²) in [6, 6.07) is 21.5. The lowest BCUT2D eigenvalue weighted by Crippen LogP contribution is -2.27. The van der Waals surface area contributed by atoms with Gasteiger partial charge in [0.1, 0.15) is 16.7 Å². The van der Waals surface area contributed by atoms with Gasteiger partial charge in [-0.3, -0.25) is 9.69 Å². The normalized spacial score (nSPS) is 14.7. The Kier molecular flexibility index (Phi) is 7.42. The van der Waals surface area contributed by atoms with Crippen molar-refractivity contribution < 1.29 is 18.7 Å². The first-order valence-corrected chi connectivity index (χ1v) is 11.7. The van der Waals surface area contributed by atoms with Crippen molar-refractivity contribution in [2.75, 3.05) is 6.61 Å². The lowest BCUT2D eigenvalue weighted by molar-refractivity contribution is -0.122. The van der Waals surface area contributed by atoms with E-state index in [9.17, 15) is 9.18 Å². The SMILES string of the molecule is CCOc1cc(/C=C2\SC(=S)N(Cc3ccccc3)C2=O)ccc1OCc1ccc(F)cc1. The molecule has 0 atom stereocenters. The molecule has 4 nitrogen and oxygen atoms in total. The summed E-state index contributed by atoms with van der Waals surface area (Å²) in [6.07, 6.45) is 1.82. The molecule has 3 aromatic rings. The number of thiocarbonyl (C=S) groups is 1. The zero-order valence-corrected chi connectivity index (χ0v) is 19.6. The van der Waals surface area contributed by atoms with Gasteiger partial charge in [-0.2, -0.15) is 0 Å². The molecule has 0 unspecified atom stereocenters. The van der Waals surface area contributed by atoms with E-state index in [0.29, 0.717) is 33.9 Å². The van der Waals surface area contributed by atoms with Crippen LogP contribution >= 0.6 is 24.0 Å². The minimum absolute atomic E-state index is 0.108. The van der Waals surface area contributed by atoms with Crippen LogP contribution < -0.4 is 9.47 Å². The molecule has 0 aliphatic carbocycles. The van der Waals surface area contributed by atoms with Crippen LogP contribution in [0, 0.1) is 5.82 Å². The first-order chi connectivity index (χ1) is 16.0. The highest BCUT2D eigenvalue weighted by atomic mass is 32.2. The van der Waals surface area contributed by atoms with Crippen molar-refractivity contribution >= 4 is 40.3 Å². The van der Waals surface area contributed by atoms with E-state index in [1.165, 1.54) is 23.9 Å². The van der Waals surface area contributed by atoms with E-state index in [1.807, 2.05) is 61.5 Å². The molecule has 0 radical (unpaired) electrons. The Labute approximate surface area is 202 Å². The Morgan fingerprint density at radius 1 is 0.970 bits per heavy atom. The highest BCUT2D eigenvalue weighted by Gasteiger charge is 2.32. The van der Waals surface area contributed by atoms with Gasteiger partial charge in [0, 0.05) is 0 Å². The summed E-state index contributed by atoms with van der Waals surface area (Å²) in [5.41, 5.74) is 2.69. The van der Waals surface area contributed by atoms with E-state index in [-0.39, 0.29) is 18.3 Å². The summed E-state index contributed by atoms with van der Waals surface area (Å²) in [7, 11) is 0. The number of ether oxygens (including phenoxy) is 2. The van der Waals surface area contributed by atoms with E-state index >= 15 is 0 Å². The molecule has 1 aliphatic heterocycles. The second kappa shape index (κ2) is 10.6. The molecule has 0 spiro atoms. The average molecular weight is 480 g/mol. The largest absolute Gasteiger partial charge is 0.490 e. The monoisotopic (exact) mass is 479 g/mol. The topological polar surface area (TPSA) is 38.8 Å². The fraction of sp³-hybridized carbons (Fsp3) is 0.154. The van der Waals surface area contributed by atoms with Gasteiger partial charge >= 0.3 is 0 Å². The van der Waals surface area contributed by atoms with Gasteiger partial charge in [-0.15, -0.1) is 0 Å². The van der Waals surface area contributed by atoms with Crippen LogP contribution in [-0.4, -0.2) is 21.7 Å². The van der Waals surface area contributed by atoms with Crippen LogP contribution in [-0.2, 0) is 17.9 Å². The smallest absolute Gasteiger partial charge is 0.266 e. The fourth-order valence-electron chi connectivity index (χ4n) is 3.30. The Morgan fingerprint density at radius 3 is 2.45 bits per heavy atom. The van der Waals surface area contributed by atoms with Crippen LogP contribution in [0.15, 0.2) is 77.7 Å². The summed E-state index contributed by atoms with van der Waals surface area (Å²) in [5.74, 6) is 0.763. The zero-order chi connectivity index (χ0) is 23.2. The van der Waals surface area contributed by atoms with Crippen molar-refractivity contribution in [2.24, 2.45) is 0 Å². The molecule has 0 bridgehead atoms. The van der Waals surface area contributed by atoms with Crippen molar-refractivity contribution in [3.63, 3.8) is 0 Å². The molecule has 3 aromatic carbocycles. The molecule has 4 rings (SSSR count). The summed E-state index contributed by atoms with van der Waals surface area (Å²) in [4.78, 5) is 15.1. The van der Waals surface area contributed by atoms with Gasteiger partial charge in [0.25, 0.3) is 5.91 Å². The highest BCUT2D eigenvalue weighted by molar-refractivity contribution is 8.26. The van der Waals surface area contributed by atoms with Gasteiger partial charge in [0.2, 0.25) is 0 Å². The third kappa shape index (κ3) is 5.80. The van der Waals surface area contributed by atoms with E-state index in [2.05, 4.69) is 0 Å². The predicted octanol–water partition coefficient (Wildman–Crippen LogP) is 6.20. The maximum Gasteiger partial charge on any atom is 0.266 e. The molecule has 1 fully saturated rings. The maximum atomic E-state index is 13.1. The van der Waals surface area contributed by atoms with Gasteiger partial charge in [-0.05, 0) is 54.0 Å². The van der Waals surface area contributed by atoms with Gasteiger partial charge in [-0.25, -0.2) is 4.39 Å². The molecule has 1 heterocycles. The Balaban J connectivity index is 1.50. The van der Waals surface area contributed by atoms with Crippen LogP contribution in [0.25, 0.3) is 6.08 Å². The van der Waals surface area contributed by atoms with Gasteiger partial charge < -0.3 is 9.47 Å². The zero-order valence-electron chi connectivity index (χ0n) is 18.0. The van der Waals surface area contributed by atoms with Crippen LogP contribution in [0.2, 0.25) is 0 Å². The summed E-state index contributed by atoms with van der Waals surface area (Å²) in [5, 5.41) is 0. The lowest BCUT2D eigenvalue weighted by atomic mass is 10.1. The van der Waals surface area contributed by atoms with Crippen molar-refractivity contribution in [1.82, 2.24) is 4.90 Å². The number of benzene rings is 3. The minimum atomic E-state index is -0.285. The Bertz CT molecular complexity index is 1180. The number of halogens is 1. The fourth-order valence-corrected chi connectivity index (χ4v) is 4.55. The molecular formula is C26H22FNO3S2. The van der Waals surface area contributed by atoms with Gasteiger partial charge in [-0.1, -0.05) is 72.5 Å². The molecule has 1 amide bonds. The molecule has 7 heteroatoms. The molecule has 1 saturated heterocycles. The number of carbonyl (C=O) groups excluding carboxylic acids is 1. The van der Waals surface area contributed by atoms with Gasteiger partial charge in [0.15, 0.2) is 11.5 Å². The second-order valence-corrected chi connectivity index (χ2v) is 8.98. The van der Waals surface area contributed by atoms with Crippen LogP contribution in [0.3, 0.4) is 0 Å². The van der Waals surface area contributed by atoms with E-state index in [1.54, 1.807) is 17.0 Å².